The minimum absolute atomic E-state index is 0.343. The van der Waals surface area contributed by atoms with Gasteiger partial charge in [0.05, 0.1) is 0 Å². The number of aliphatic carboxylic acids is 1. The first-order valence-electron chi connectivity index (χ1n) is 6.44. The number of amides is 1. The smallest absolute Gasteiger partial charge is 0.408 e. The molecule has 1 amide bonds. The Morgan fingerprint density at radius 2 is 2.10 bits per heavy atom. The number of rotatable bonds is 5. The third kappa shape index (κ3) is 5.61. The molecule has 0 aliphatic rings. The molecule has 1 rings (SSSR count). The summed E-state index contributed by atoms with van der Waals surface area (Å²) in [5.74, 6) is -1.05. The fraction of sp³-hybridized carbons (Fsp3) is 0.571. The third-order valence-corrected chi connectivity index (χ3v) is 3.70. The summed E-state index contributed by atoms with van der Waals surface area (Å²) in [6, 6.07) is 1.06. The van der Waals surface area contributed by atoms with E-state index >= 15 is 0 Å². The summed E-state index contributed by atoms with van der Waals surface area (Å²) in [5.41, 5.74) is 0.508. The van der Waals surface area contributed by atoms with Crippen LogP contribution in [0.2, 0.25) is 0 Å². The van der Waals surface area contributed by atoms with E-state index in [-0.39, 0.29) is 0 Å². The number of hydrogen-bond donors (Lipinski definition) is 2. The second-order valence-corrected chi connectivity index (χ2v) is 6.60. The second-order valence-electron chi connectivity index (χ2n) is 5.60. The van der Waals surface area contributed by atoms with Crippen molar-refractivity contribution in [1.29, 1.82) is 0 Å². The van der Waals surface area contributed by atoms with E-state index in [0.717, 1.165) is 10.4 Å². The maximum Gasteiger partial charge on any atom is 0.408 e. The van der Waals surface area contributed by atoms with Crippen molar-refractivity contribution >= 4 is 23.4 Å². The first kappa shape index (κ1) is 16.5. The molecule has 0 unspecified atom stereocenters. The van der Waals surface area contributed by atoms with Gasteiger partial charge in [-0.25, -0.2) is 9.59 Å². The Morgan fingerprint density at radius 1 is 1.45 bits per heavy atom. The summed E-state index contributed by atoms with van der Waals surface area (Å²) in [5, 5.41) is 13.5. The summed E-state index contributed by atoms with van der Waals surface area (Å²) in [4.78, 5) is 23.9. The molecule has 0 spiro atoms. The normalized spacial score (nSPS) is 12.8. The number of alkyl carbamates (subject to hydrolysis) is 1. The SMILES string of the molecule is Cc1ccsc1CC[C@H](NC(=O)OC(C)(C)C)C(=O)O. The van der Waals surface area contributed by atoms with Gasteiger partial charge in [-0.2, -0.15) is 0 Å². The molecule has 1 heterocycles. The molecule has 0 radical (unpaired) electrons. The van der Waals surface area contributed by atoms with Crippen molar-refractivity contribution in [3.63, 3.8) is 0 Å². The van der Waals surface area contributed by atoms with E-state index in [2.05, 4.69) is 5.32 Å². The van der Waals surface area contributed by atoms with E-state index in [1.807, 2.05) is 18.4 Å². The van der Waals surface area contributed by atoms with Gasteiger partial charge in [-0.1, -0.05) is 0 Å². The number of aryl methyl sites for hydroxylation is 2. The molecule has 1 aromatic rings. The highest BCUT2D eigenvalue weighted by Crippen LogP contribution is 2.18. The molecular formula is C14H21NO4S. The lowest BCUT2D eigenvalue weighted by Crippen LogP contribution is -2.43. The van der Waals surface area contributed by atoms with Crippen LogP contribution in [0.5, 0.6) is 0 Å². The highest BCUT2D eigenvalue weighted by molar-refractivity contribution is 7.10. The fourth-order valence-electron chi connectivity index (χ4n) is 1.64. The molecule has 0 aromatic carbocycles. The maximum atomic E-state index is 11.6. The Hall–Kier alpha value is -1.56. The Labute approximate surface area is 123 Å². The maximum absolute atomic E-state index is 11.6. The van der Waals surface area contributed by atoms with Crippen molar-refractivity contribution in [1.82, 2.24) is 5.32 Å². The largest absolute Gasteiger partial charge is 0.480 e. The molecule has 20 heavy (non-hydrogen) atoms. The monoisotopic (exact) mass is 299 g/mol. The molecule has 1 atom stereocenters. The highest BCUT2D eigenvalue weighted by Gasteiger charge is 2.23. The molecule has 2 N–H and O–H groups in total. The zero-order valence-electron chi connectivity index (χ0n) is 12.2. The number of carbonyl (C=O) groups excluding carboxylic acids is 1. The molecule has 0 aliphatic carbocycles. The number of carboxylic acid groups (broad SMARTS) is 1. The van der Waals surface area contributed by atoms with Gasteiger partial charge in [0.2, 0.25) is 0 Å². The quantitative estimate of drug-likeness (QED) is 0.876. The Kier molecular flexibility index (Phi) is 5.56. The van der Waals surface area contributed by atoms with Crippen molar-refractivity contribution in [2.24, 2.45) is 0 Å². The number of hydrogen-bond acceptors (Lipinski definition) is 4. The van der Waals surface area contributed by atoms with Crippen molar-refractivity contribution in [3.8, 4) is 0 Å². The fourth-order valence-corrected chi connectivity index (χ4v) is 2.57. The lowest BCUT2D eigenvalue weighted by Gasteiger charge is -2.22. The second kappa shape index (κ2) is 6.74. The van der Waals surface area contributed by atoms with E-state index in [0.29, 0.717) is 12.8 Å². The van der Waals surface area contributed by atoms with Crippen LogP contribution in [0.4, 0.5) is 4.79 Å². The van der Waals surface area contributed by atoms with Gasteiger partial charge in [-0.15, -0.1) is 11.3 Å². The third-order valence-electron chi connectivity index (χ3n) is 2.62. The molecule has 0 fully saturated rings. The average molecular weight is 299 g/mol. The first-order valence-corrected chi connectivity index (χ1v) is 7.32. The van der Waals surface area contributed by atoms with Crippen LogP contribution in [0.15, 0.2) is 11.4 Å². The highest BCUT2D eigenvalue weighted by atomic mass is 32.1. The molecule has 112 valence electrons. The molecule has 0 aliphatic heterocycles. The van der Waals surface area contributed by atoms with Gasteiger partial charge in [0.15, 0.2) is 0 Å². The van der Waals surface area contributed by atoms with Crippen LogP contribution in [-0.2, 0) is 16.0 Å². The van der Waals surface area contributed by atoms with E-state index in [1.54, 1.807) is 32.1 Å². The number of carbonyl (C=O) groups is 2. The summed E-state index contributed by atoms with van der Waals surface area (Å²) >= 11 is 1.60. The molecule has 0 bridgehead atoms. The predicted molar refractivity (Wildman–Crippen MR) is 78.2 cm³/mol. The van der Waals surface area contributed by atoms with Gasteiger partial charge >= 0.3 is 12.1 Å². The Morgan fingerprint density at radius 3 is 2.55 bits per heavy atom. The standard InChI is InChI=1S/C14H21NO4S/c1-9-7-8-20-11(9)6-5-10(12(16)17)15-13(18)19-14(2,3)4/h7-8,10H,5-6H2,1-4H3,(H,15,18)(H,16,17)/t10-/m0/s1. The van der Waals surface area contributed by atoms with Gasteiger partial charge in [-0.05, 0) is 57.5 Å². The van der Waals surface area contributed by atoms with E-state index in [9.17, 15) is 9.59 Å². The number of ether oxygens (including phenoxy) is 1. The molecule has 0 saturated carbocycles. The average Bonchev–Trinajstić information content (AvgIpc) is 2.67. The number of nitrogens with one attached hydrogen (secondary N) is 1. The van der Waals surface area contributed by atoms with Gasteiger partial charge in [-0.3, -0.25) is 0 Å². The summed E-state index contributed by atoms with van der Waals surface area (Å²) in [6.45, 7) is 7.19. The number of thiophene rings is 1. The molecule has 6 heteroatoms. The summed E-state index contributed by atoms with van der Waals surface area (Å²) in [7, 11) is 0. The molecular weight excluding hydrogens is 278 g/mol. The summed E-state index contributed by atoms with van der Waals surface area (Å²) in [6.07, 6.45) is 0.263. The van der Waals surface area contributed by atoms with Crippen LogP contribution < -0.4 is 5.32 Å². The van der Waals surface area contributed by atoms with Gasteiger partial charge < -0.3 is 15.2 Å². The molecule has 1 aromatic heterocycles. The van der Waals surface area contributed by atoms with Crippen molar-refractivity contribution < 1.29 is 19.4 Å². The minimum atomic E-state index is -1.05. The minimum Gasteiger partial charge on any atom is -0.480 e. The van der Waals surface area contributed by atoms with Gasteiger partial charge in [0.25, 0.3) is 0 Å². The Bertz CT molecular complexity index is 476. The van der Waals surface area contributed by atoms with Crippen LogP contribution in [0.1, 0.15) is 37.6 Å². The van der Waals surface area contributed by atoms with Crippen LogP contribution in [-0.4, -0.2) is 28.8 Å². The van der Waals surface area contributed by atoms with E-state index < -0.39 is 23.7 Å². The summed E-state index contributed by atoms with van der Waals surface area (Å²) < 4.78 is 5.07. The van der Waals surface area contributed by atoms with Crippen LogP contribution in [0, 0.1) is 6.92 Å². The zero-order valence-corrected chi connectivity index (χ0v) is 13.0. The molecule has 0 saturated heterocycles. The lowest BCUT2D eigenvalue weighted by molar-refractivity contribution is -0.139. The van der Waals surface area contributed by atoms with Gasteiger partial charge in [0.1, 0.15) is 11.6 Å². The molecule has 5 nitrogen and oxygen atoms in total. The van der Waals surface area contributed by atoms with Crippen LogP contribution in [0.3, 0.4) is 0 Å². The van der Waals surface area contributed by atoms with Crippen LogP contribution in [0.25, 0.3) is 0 Å². The van der Waals surface area contributed by atoms with Crippen LogP contribution >= 0.6 is 11.3 Å². The Balaban J connectivity index is 2.55. The topological polar surface area (TPSA) is 75.6 Å². The lowest BCUT2D eigenvalue weighted by atomic mass is 10.1. The van der Waals surface area contributed by atoms with Crippen molar-refractivity contribution in [2.45, 2.75) is 52.2 Å². The van der Waals surface area contributed by atoms with E-state index in [4.69, 9.17) is 9.84 Å². The number of carboxylic acids is 1. The zero-order chi connectivity index (χ0) is 15.3. The van der Waals surface area contributed by atoms with Gasteiger partial charge in [0, 0.05) is 4.88 Å². The van der Waals surface area contributed by atoms with Crippen molar-refractivity contribution in [2.75, 3.05) is 0 Å². The van der Waals surface area contributed by atoms with E-state index in [1.165, 1.54) is 0 Å². The first-order chi connectivity index (χ1) is 9.19. The van der Waals surface area contributed by atoms with Crippen molar-refractivity contribution in [3.05, 3.63) is 21.9 Å². The predicted octanol–water partition coefficient (Wildman–Crippen LogP) is 2.97.